The first kappa shape index (κ1) is 15.1. The Morgan fingerprint density at radius 3 is 2.61 bits per heavy atom. The molecule has 1 atom stereocenters. The zero-order valence-electron chi connectivity index (χ0n) is 10.5. The molecule has 1 fully saturated rings. The summed E-state index contributed by atoms with van der Waals surface area (Å²) in [5, 5.41) is 13.0. The van der Waals surface area contributed by atoms with Gasteiger partial charge in [-0.15, -0.1) is 12.4 Å². The van der Waals surface area contributed by atoms with Gasteiger partial charge in [-0.05, 0) is 25.0 Å². The van der Waals surface area contributed by atoms with Crippen molar-refractivity contribution in [3.05, 3.63) is 24.3 Å². The summed E-state index contributed by atoms with van der Waals surface area (Å²) in [5.41, 5.74) is 0. The maximum atomic E-state index is 9.72. The van der Waals surface area contributed by atoms with Crippen molar-refractivity contribution in [1.29, 1.82) is 0 Å². The Labute approximate surface area is 114 Å². The minimum absolute atomic E-state index is 0. The fourth-order valence-electron chi connectivity index (χ4n) is 1.57. The number of hydrogen-bond donors (Lipinski definition) is 2. The van der Waals surface area contributed by atoms with Crippen LogP contribution >= 0.6 is 12.4 Å². The van der Waals surface area contributed by atoms with Gasteiger partial charge in [-0.2, -0.15) is 0 Å². The average molecular weight is 274 g/mol. The maximum Gasteiger partial charge on any atom is 0.161 e. The van der Waals surface area contributed by atoms with Gasteiger partial charge in [0, 0.05) is 12.6 Å². The van der Waals surface area contributed by atoms with Gasteiger partial charge in [-0.25, -0.2) is 0 Å². The second-order valence-corrected chi connectivity index (χ2v) is 4.30. The molecule has 1 aromatic rings. The summed E-state index contributed by atoms with van der Waals surface area (Å²) >= 11 is 0. The number of aliphatic hydroxyl groups is 1. The molecule has 1 aliphatic rings. The average Bonchev–Trinajstić information content (AvgIpc) is 3.18. The van der Waals surface area contributed by atoms with Crippen LogP contribution < -0.4 is 14.8 Å². The van der Waals surface area contributed by atoms with Gasteiger partial charge < -0.3 is 19.9 Å². The molecular formula is C13H20ClNO3. The molecule has 0 amide bonds. The number of ether oxygens (including phenoxy) is 2. The van der Waals surface area contributed by atoms with Gasteiger partial charge in [0.2, 0.25) is 0 Å². The van der Waals surface area contributed by atoms with Crippen LogP contribution in [-0.4, -0.2) is 37.5 Å². The van der Waals surface area contributed by atoms with Gasteiger partial charge in [-0.1, -0.05) is 12.1 Å². The number of methoxy groups -OCH3 is 1. The van der Waals surface area contributed by atoms with Crippen LogP contribution in [0.25, 0.3) is 0 Å². The standard InChI is InChI=1S/C13H19NO3.ClH/c1-16-12-4-2-3-5-13(12)17-9-11(15)8-14-10-6-7-10;/h2-5,10-11,14-15H,6-9H2,1H3;1H. The van der Waals surface area contributed by atoms with E-state index in [1.807, 2.05) is 24.3 Å². The molecule has 2 rings (SSSR count). The monoisotopic (exact) mass is 273 g/mol. The predicted octanol–water partition coefficient (Wildman–Crippen LogP) is 1.61. The number of nitrogens with one attached hydrogen (secondary N) is 1. The maximum absolute atomic E-state index is 9.72. The third kappa shape index (κ3) is 4.72. The first-order chi connectivity index (χ1) is 8.29. The molecular weight excluding hydrogens is 254 g/mol. The SMILES string of the molecule is COc1ccccc1OCC(O)CNC1CC1.Cl. The van der Waals surface area contributed by atoms with Crippen LogP contribution in [0.15, 0.2) is 24.3 Å². The first-order valence-corrected chi connectivity index (χ1v) is 5.97. The van der Waals surface area contributed by atoms with Crippen molar-refractivity contribution in [2.45, 2.75) is 25.0 Å². The lowest BCUT2D eigenvalue weighted by molar-refractivity contribution is 0.104. The molecule has 0 heterocycles. The molecule has 5 heteroatoms. The molecule has 1 aromatic carbocycles. The number of aliphatic hydroxyl groups excluding tert-OH is 1. The highest BCUT2D eigenvalue weighted by molar-refractivity contribution is 5.85. The second kappa shape index (κ2) is 7.46. The Hall–Kier alpha value is -0.970. The largest absolute Gasteiger partial charge is 0.493 e. The normalized spacial score (nSPS) is 15.7. The summed E-state index contributed by atoms with van der Waals surface area (Å²) in [4.78, 5) is 0. The summed E-state index contributed by atoms with van der Waals surface area (Å²) < 4.78 is 10.7. The van der Waals surface area contributed by atoms with E-state index in [0.717, 1.165) is 0 Å². The van der Waals surface area contributed by atoms with Crippen LogP contribution in [0.3, 0.4) is 0 Å². The van der Waals surface area contributed by atoms with E-state index in [-0.39, 0.29) is 19.0 Å². The Morgan fingerprint density at radius 2 is 2.00 bits per heavy atom. The van der Waals surface area contributed by atoms with Crippen LogP contribution in [0.5, 0.6) is 11.5 Å². The molecule has 0 radical (unpaired) electrons. The summed E-state index contributed by atoms with van der Waals surface area (Å²) in [5.74, 6) is 1.36. The Balaban J connectivity index is 0.00000162. The Bertz CT molecular complexity index is 358. The molecule has 4 nitrogen and oxygen atoms in total. The van der Waals surface area contributed by atoms with Gasteiger partial charge in [0.15, 0.2) is 11.5 Å². The Kier molecular flexibility index (Phi) is 6.25. The molecule has 0 spiro atoms. The number of rotatable bonds is 7. The highest BCUT2D eigenvalue weighted by Gasteiger charge is 2.21. The van der Waals surface area contributed by atoms with E-state index in [9.17, 15) is 5.11 Å². The first-order valence-electron chi connectivity index (χ1n) is 5.97. The third-order valence-electron chi connectivity index (χ3n) is 2.72. The molecule has 2 N–H and O–H groups in total. The summed E-state index contributed by atoms with van der Waals surface area (Å²) in [7, 11) is 1.60. The van der Waals surface area contributed by atoms with E-state index in [2.05, 4.69) is 5.32 Å². The molecule has 18 heavy (non-hydrogen) atoms. The minimum atomic E-state index is -0.486. The highest BCUT2D eigenvalue weighted by atomic mass is 35.5. The number of benzene rings is 1. The molecule has 0 bridgehead atoms. The lowest BCUT2D eigenvalue weighted by atomic mass is 10.3. The van der Waals surface area contributed by atoms with Crippen molar-refractivity contribution in [3.8, 4) is 11.5 Å². The lowest BCUT2D eigenvalue weighted by Gasteiger charge is -2.14. The minimum Gasteiger partial charge on any atom is -0.493 e. The fraction of sp³-hybridized carbons (Fsp3) is 0.538. The molecule has 102 valence electrons. The smallest absolute Gasteiger partial charge is 0.161 e. The molecule has 0 saturated heterocycles. The van der Waals surface area contributed by atoms with Crippen LogP contribution in [0.4, 0.5) is 0 Å². The molecule has 0 aliphatic heterocycles. The summed E-state index contributed by atoms with van der Waals surface area (Å²) in [6, 6.07) is 8.05. The van der Waals surface area contributed by atoms with E-state index in [1.54, 1.807) is 7.11 Å². The van der Waals surface area contributed by atoms with Crippen LogP contribution in [0.1, 0.15) is 12.8 Å². The van der Waals surface area contributed by atoms with Gasteiger partial charge in [0.05, 0.1) is 7.11 Å². The van der Waals surface area contributed by atoms with Crippen molar-refractivity contribution in [3.63, 3.8) is 0 Å². The van der Waals surface area contributed by atoms with Crippen LogP contribution in [0, 0.1) is 0 Å². The third-order valence-corrected chi connectivity index (χ3v) is 2.72. The molecule has 1 aliphatic carbocycles. The van der Waals surface area contributed by atoms with Gasteiger partial charge >= 0.3 is 0 Å². The van der Waals surface area contributed by atoms with E-state index < -0.39 is 6.10 Å². The lowest BCUT2D eigenvalue weighted by Crippen LogP contribution is -2.32. The topological polar surface area (TPSA) is 50.7 Å². The van der Waals surface area contributed by atoms with Crippen molar-refractivity contribution < 1.29 is 14.6 Å². The number of para-hydroxylation sites is 2. The van der Waals surface area contributed by atoms with Gasteiger partial charge in [0.1, 0.15) is 12.7 Å². The van der Waals surface area contributed by atoms with Crippen molar-refractivity contribution >= 4 is 12.4 Å². The van der Waals surface area contributed by atoms with Crippen LogP contribution in [-0.2, 0) is 0 Å². The van der Waals surface area contributed by atoms with Crippen molar-refractivity contribution in [2.75, 3.05) is 20.3 Å². The molecule has 1 unspecified atom stereocenters. The van der Waals surface area contributed by atoms with E-state index in [1.165, 1.54) is 12.8 Å². The highest BCUT2D eigenvalue weighted by Crippen LogP contribution is 2.25. The van der Waals surface area contributed by atoms with Gasteiger partial charge in [-0.3, -0.25) is 0 Å². The summed E-state index contributed by atoms with van der Waals surface area (Å²) in [6.45, 7) is 0.861. The zero-order chi connectivity index (χ0) is 12.1. The van der Waals surface area contributed by atoms with E-state index >= 15 is 0 Å². The number of halogens is 1. The molecule has 0 aromatic heterocycles. The van der Waals surface area contributed by atoms with Gasteiger partial charge in [0.25, 0.3) is 0 Å². The predicted molar refractivity (Wildman–Crippen MR) is 72.8 cm³/mol. The molecule has 1 saturated carbocycles. The van der Waals surface area contributed by atoms with Crippen molar-refractivity contribution in [1.82, 2.24) is 5.32 Å². The Morgan fingerprint density at radius 1 is 1.33 bits per heavy atom. The summed E-state index contributed by atoms with van der Waals surface area (Å²) in [6.07, 6.45) is 1.96. The number of hydrogen-bond acceptors (Lipinski definition) is 4. The quantitative estimate of drug-likeness (QED) is 0.793. The second-order valence-electron chi connectivity index (χ2n) is 4.30. The fourth-order valence-corrected chi connectivity index (χ4v) is 1.57. The van der Waals surface area contributed by atoms with Crippen LogP contribution in [0.2, 0.25) is 0 Å². The zero-order valence-corrected chi connectivity index (χ0v) is 11.3. The van der Waals surface area contributed by atoms with E-state index in [0.29, 0.717) is 24.1 Å². The van der Waals surface area contributed by atoms with Crippen molar-refractivity contribution in [2.24, 2.45) is 0 Å². The van der Waals surface area contributed by atoms with E-state index in [4.69, 9.17) is 9.47 Å².